The van der Waals surface area contributed by atoms with Gasteiger partial charge in [0.15, 0.2) is 0 Å². The number of ether oxygens (including phenoxy) is 2. The Morgan fingerprint density at radius 3 is 2.53 bits per heavy atom. The van der Waals surface area contributed by atoms with Gasteiger partial charge in [0.1, 0.15) is 19.0 Å². The van der Waals surface area contributed by atoms with E-state index >= 15 is 0 Å². The third-order valence-corrected chi connectivity index (χ3v) is 2.10. The molecule has 0 amide bonds. The van der Waals surface area contributed by atoms with Gasteiger partial charge in [-0.25, -0.2) is 4.98 Å². The second-order valence-corrected chi connectivity index (χ2v) is 3.44. The number of nitrogens with two attached hydrogens (primary N) is 1. The topological polar surface area (TPSA) is 57.4 Å². The van der Waals surface area contributed by atoms with E-state index in [1.165, 1.54) is 0 Å². The molecule has 0 radical (unpaired) electrons. The van der Waals surface area contributed by atoms with Crippen LogP contribution in [0.15, 0.2) is 48.7 Å². The summed E-state index contributed by atoms with van der Waals surface area (Å²) < 4.78 is 10.9. The van der Waals surface area contributed by atoms with Crippen LogP contribution >= 0.6 is 0 Å². The first-order valence-corrected chi connectivity index (χ1v) is 5.37. The number of nitrogen functional groups attached to an aromatic ring is 1. The smallest absolute Gasteiger partial charge is 0.215 e. The highest BCUT2D eigenvalue weighted by Crippen LogP contribution is 2.11. The van der Waals surface area contributed by atoms with Crippen molar-refractivity contribution in [2.24, 2.45) is 0 Å². The first-order chi connectivity index (χ1) is 8.34. The maximum Gasteiger partial charge on any atom is 0.215 e. The van der Waals surface area contributed by atoms with Crippen molar-refractivity contribution in [2.75, 3.05) is 18.9 Å². The second-order valence-electron chi connectivity index (χ2n) is 3.44. The Morgan fingerprint density at radius 1 is 1.00 bits per heavy atom. The number of para-hydroxylation sites is 1. The highest BCUT2D eigenvalue weighted by Gasteiger charge is 1.96. The van der Waals surface area contributed by atoms with Crippen LogP contribution in [0.2, 0.25) is 0 Å². The van der Waals surface area contributed by atoms with Crippen LogP contribution in [0, 0.1) is 0 Å². The summed E-state index contributed by atoms with van der Waals surface area (Å²) in [5, 5.41) is 0. The van der Waals surface area contributed by atoms with E-state index < -0.39 is 0 Å². The highest BCUT2D eigenvalue weighted by molar-refractivity contribution is 5.39. The molecule has 0 aliphatic rings. The second kappa shape index (κ2) is 5.75. The molecule has 4 heteroatoms. The van der Waals surface area contributed by atoms with E-state index in [0.29, 0.717) is 24.8 Å². The third-order valence-electron chi connectivity index (χ3n) is 2.10. The lowest BCUT2D eigenvalue weighted by Gasteiger charge is -2.07. The molecule has 1 heterocycles. The van der Waals surface area contributed by atoms with Crippen molar-refractivity contribution in [3.63, 3.8) is 0 Å². The average Bonchev–Trinajstić information content (AvgIpc) is 2.36. The molecule has 1 aromatic heterocycles. The van der Waals surface area contributed by atoms with Gasteiger partial charge in [-0.05, 0) is 18.2 Å². The molecule has 2 N–H and O–H groups in total. The molecule has 0 spiro atoms. The predicted octanol–water partition coefficient (Wildman–Crippen LogP) is 2.12. The van der Waals surface area contributed by atoms with Gasteiger partial charge in [0.2, 0.25) is 5.88 Å². The van der Waals surface area contributed by atoms with Gasteiger partial charge in [0.05, 0.1) is 0 Å². The summed E-state index contributed by atoms with van der Waals surface area (Å²) in [6.07, 6.45) is 1.61. The van der Waals surface area contributed by atoms with Gasteiger partial charge in [-0.2, -0.15) is 0 Å². The Labute approximate surface area is 100 Å². The van der Waals surface area contributed by atoms with Crippen molar-refractivity contribution in [3.05, 3.63) is 48.7 Å². The van der Waals surface area contributed by atoms with Crippen molar-refractivity contribution in [1.82, 2.24) is 4.98 Å². The van der Waals surface area contributed by atoms with Crippen LogP contribution in [-0.4, -0.2) is 18.2 Å². The Kier molecular flexibility index (Phi) is 3.81. The molecular weight excluding hydrogens is 216 g/mol. The van der Waals surface area contributed by atoms with E-state index in [-0.39, 0.29) is 0 Å². The van der Waals surface area contributed by atoms with Gasteiger partial charge < -0.3 is 15.2 Å². The van der Waals surface area contributed by atoms with Gasteiger partial charge in [-0.1, -0.05) is 18.2 Å². The molecule has 0 aliphatic carbocycles. The number of hydrogen-bond acceptors (Lipinski definition) is 4. The zero-order chi connectivity index (χ0) is 11.9. The molecule has 0 unspecified atom stereocenters. The molecule has 0 bridgehead atoms. The number of benzene rings is 1. The maximum atomic E-state index is 5.60. The summed E-state index contributed by atoms with van der Waals surface area (Å²) in [6, 6.07) is 13.0. The average molecular weight is 230 g/mol. The summed E-state index contributed by atoms with van der Waals surface area (Å²) in [5.41, 5.74) is 6.24. The Morgan fingerprint density at radius 2 is 1.76 bits per heavy atom. The molecule has 2 rings (SSSR count). The summed E-state index contributed by atoms with van der Waals surface area (Å²) in [5.74, 6) is 1.35. The summed E-state index contributed by atoms with van der Waals surface area (Å²) >= 11 is 0. The summed E-state index contributed by atoms with van der Waals surface area (Å²) in [6.45, 7) is 0.909. The predicted molar refractivity (Wildman–Crippen MR) is 66.1 cm³/mol. The van der Waals surface area contributed by atoms with E-state index in [2.05, 4.69) is 4.98 Å². The van der Waals surface area contributed by atoms with Crippen LogP contribution < -0.4 is 15.2 Å². The van der Waals surface area contributed by atoms with Gasteiger partial charge in [0.25, 0.3) is 0 Å². The molecule has 88 valence electrons. The van der Waals surface area contributed by atoms with Crippen LogP contribution in [-0.2, 0) is 0 Å². The van der Waals surface area contributed by atoms with Gasteiger partial charge in [0, 0.05) is 18.0 Å². The Hall–Kier alpha value is -2.23. The Balaban J connectivity index is 1.73. The lowest BCUT2D eigenvalue weighted by molar-refractivity contribution is 0.212. The third kappa shape index (κ3) is 3.68. The van der Waals surface area contributed by atoms with Gasteiger partial charge in [-0.15, -0.1) is 0 Å². The SMILES string of the molecule is Nc1ccnc(OCCOc2ccccc2)c1. The van der Waals surface area contributed by atoms with Crippen LogP contribution in [0.3, 0.4) is 0 Å². The van der Waals surface area contributed by atoms with E-state index in [9.17, 15) is 0 Å². The normalized spacial score (nSPS) is 9.88. The quantitative estimate of drug-likeness (QED) is 0.799. The highest BCUT2D eigenvalue weighted by atomic mass is 16.5. The molecule has 0 fully saturated rings. The molecule has 4 nitrogen and oxygen atoms in total. The molecule has 0 aliphatic heterocycles. The lowest BCUT2D eigenvalue weighted by Crippen LogP contribution is -2.09. The number of anilines is 1. The fourth-order valence-electron chi connectivity index (χ4n) is 1.33. The van der Waals surface area contributed by atoms with E-state index in [0.717, 1.165) is 5.75 Å². The zero-order valence-corrected chi connectivity index (χ0v) is 9.37. The molecule has 0 saturated carbocycles. The standard InChI is InChI=1S/C13H14N2O2/c14-11-6-7-15-13(10-11)17-9-8-16-12-4-2-1-3-5-12/h1-7,10H,8-9H2,(H2,14,15). The number of hydrogen-bond donors (Lipinski definition) is 1. The molecular formula is C13H14N2O2. The first-order valence-electron chi connectivity index (χ1n) is 5.37. The molecule has 0 atom stereocenters. The van der Waals surface area contributed by atoms with Gasteiger partial charge in [-0.3, -0.25) is 0 Å². The Bertz CT molecular complexity index is 460. The number of pyridine rings is 1. The molecule has 17 heavy (non-hydrogen) atoms. The zero-order valence-electron chi connectivity index (χ0n) is 9.37. The van der Waals surface area contributed by atoms with Crippen molar-refractivity contribution >= 4 is 5.69 Å². The minimum atomic E-state index is 0.436. The molecule has 2 aromatic rings. The number of rotatable bonds is 5. The summed E-state index contributed by atoms with van der Waals surface area (Å²) in [7, 11) is 0. The van der Waals surface area contributed by atoms with E-state index in [1.807, 2.05) is 30.3 Å². The number of nitrogens with zero attached hydrogens (tertiary/aromatic N) is 1. The molecule has 1 aromatic carbocycles. The van der Waals surface area contributed by atoms with E-state index in [4.69, 9.17) is 15.2 Å². The first kappa shape index (κ1) is 11.3. The minimum Gasteiger partial charge on any atom is -0.490 e. The summed E-state index contributed by atoms with van der Waals surface area (Å²) in [4.78, 5) is 4.03. The number of aromatic nitrogens is 1. The fourth-order valence-corrected chi connectivity index (χ4v) is 1.33. The fraction of sp³-hybridized carbons (Fsp3) is 0.154. The maximum absolute atomic E-state index is 5.60. The van der Waals surface area contributed by atoms with E-state index in [1.54, 1.807) is 18.3 Å². The minimum absolute atomic E-state index is 0.436. The van der Waals surface area contributed by atoms with Crippen molar-refractivity contribution < 1.29 is 9.47 Å². The monoisotopic (exact) mass is 230 g/mol. The van der Waals surface area contributed by atoms with Crippen LogP contribution in [0.5, 0.6) is 11.6 Å². The van der Waals surface area contributed by atoms with Crippen molar-refractivity contribution in [2.45, 2.75) is 0 Å². The molecule has 0 saturated heterocycles. The van der Waals surface area contributed by atoms with Crippen molar-refractivity contribution in [1.29, 1.82) is 0 Å². The van der Waals surface area contributed by atoms with Crippen LogP contribution in [0.4, 0.5) is 5.69 Å². The van der Waals surface area contributed by atoms with Crippen molar-refractivity contribution in [3.8, 4) is 11.6 Å². The largest absolute Gasteiger partial charge is 0.490 e. The van der Waals surface area contributed by atoms with Gasteiger partial charge >= 0.3 is 0 Å². The van der Waals surface area contributed by atoms with Crippen LogP contribution in [0.1, 0.15) is 0 Å². The van der Waals surface area contributed by atoms with Crippen LogP contribution in [0.25, 0.3) is 0 Å². The lowest BCUT2D eigenvalue weighted by atomic mass is 10.3.